The zero-order valence-electron chi connectivity index (χ0n) is 11.3. The standard InChI is InChI=1S/C16H16O3S/c1-10-7-14(15(20-10)16(17)18)19-9-11-5-6-12-3-2-4-13(12)8-11/h5-8H,2-4,9H2,1H3,(H,17,18). The van der Waals surface area contributed by atoms with Gasteiger partial charge >= 0.3 is 5.97 Å². The SMILES string of the molecule is Cc1cc(OCc2ccc3c(c2)CCC3)c(C(=O)O)s1. The van der Waals surface area contributed by atoms with Crippen molar-refractivity contribution in [2.75, 3.05) is 0 Å². The molecule has 1 N–H and O–H groups in total. The second-order valence-electron chi connectivity index (χ2n) is 5.10. The monoisotopic (exact) mass is 288 g/mol. The number of carbonyl (C=O) groups is 1. The number of fused-ring (bicyclic) bond motifs is 1. The van der Waals surface area contributed by atoms with Crippen molar-refractivity contribution in [3.8, 4) is 5.75 Å². The Kier molecular flexibility index (Phi) is 3.49. The van der Waals surface area contributed by atoms with E-state index >= 15 is 0 Å². The van der Waals surface area contributed by atoms with Crippen LogP contribution in [-0.2, 0) is 19.4 Å². The molecule has 0 radical (unpaired) electrons. The molecule has 104 valence electrons. The highest BCUT2D eigenvalue weighted by Gasteiger charge is 2.16. The number of thiophene rings is 1. The van der Waals surface area contributed by atoms with Gasteiger partial charge in [0.2, 0.25) is 0 Å². The fourth-order valence-corrected chi connectivity index (χ4v) is 3.42. The summed E-state index contributed by atoms with van der Waals surface area (Å²) in [4.78, 5) is 12.4. The fraction of sp³-hybridized carbons (Fsp3) is 0.312. The van der Waals surface area contributed by atoms with Crippen molar-refractivity contribution in [2.45, 2.75) is 32.8 Å². The molecule has 0 spiro atoms. The Balaban J connectivity index is 1.75. The van der Waals surface area contributed by atoms with Crippen molar-refractivity contribution >= 4 is 17.3 Å². The van der Waals surface area contributed by atoms with Crippen LogP contribution in [0.1, 0.15) is 37.7 Å². The quantitative estimate of drug-likeness (QED) is 0.930. The number of ether oxygens (including phenoxy) is 1. The third-order valence-electron chi connectivity index (χ3n) is 3.57. The van der Waals surface area contributed by atoms with E-state index < -0.39 is 5.97 Å². The second kappa shape index (κ2) is 5.29. The maximum absolute atomic E-state index is 11.1. The normalized spacial score (nSPS) is 13.2. The summed E-state index contributed by atoms with van der Waals surface area (Å²) in [5, 5.41) is 9.13. The lowest BCUT2D eigenvalue weighted by Crippen LogP contribution is -2.00. The molecule has 0 fully saturated rings. The number of hydrogen-bond donors (Lipinski definition) is 1. The first kappa shape index (κ1) is 13.2. The number of aromatic carboxylic acids is 1. The summed E-state index contributed by atoms with van der Waals surface area (Å²) in [6.07, 6.45) is 3.54. The van der Waals surface area contributed by atoms with Crippen LogP contribution in [-0.4, -0.2) is 11.1 Å². The topological polar surface area (TPSA) is 46.5 Å². The first-order chi connectivity index (χ1) is 9.63. The van der Waals surface area contributed by atoms with Crippen LogP contribution in [0.25, 0.3) is 0 Å². The van der Waals surface area contributed by atoms with Crippen LogP contribution in [0.2, 0.25) is 0 Å². The van der Waals surface area contributed by atoms with E-state index in [4.69, 9.17) is 9.84 Å². The van der Waals surface area contributed by atoms with Gasteiger partial charge in [-0.05, 0) is 48.9 Å². The minimum atomic E-state index is -0.924. The zero-order valence-corrected chi connectivity index (χ0v) is 12.1. The summed E-state index contributed by atoms with van der Waals surface area (Å²) < 4.78 is 5.69. The molecule has 2 aromatic rings. The number of aryl methyl sites for hydroxylation is 3. The molecule has 0 atom stereocenters. The Morgan fingerprint density at radius 3 is 2.90 bits per heavy atom. The van der Waals surface area contributed by atoms with E-state index in [1.165, 1.54) is 35.3 Å². The lowest BCUT2D eigenvalue weighted by atomic mass is 10.1. The molecule has 1 aliphatic carbocycles. The van der Waals surface area contributed by atoms with Crippen LogP contribution in [0, 0.1) is 6.92 Å². The Morgan fingerprint density at radius 2 is 2.10 bits per heavy atom. The Hall–Kier alpha value is -1.81. The number of benzene rings is 1. The Labute approximate surface area is 121 Å². The van der Waals surface area contributed by atoms with E-state index in [1.807, 2.05) is 6.92 Å². The highest BCUT2D eigenvalue weighted by Crippen LogP contribution is 2.30. The van der Waals surface area contributed by atoms with E-state index in [-0.39, 0.29) is 4.88 Å². The zero-order chi connectivity index (χ0) is 14.1. The van der Waals surface area contributed by atoms with E-state index in [0.29, 0.717) is 12.4 Å². The summed E-state index contributed by atoms with van der Waals surface area (Å²) in [6.45, 7) is 2.31. The van der Waals surface area contributed by atoms with Crippen LogP contribution < -0.4 is 4.74 Å². The molecule has 0 saturated heterocycles. The first-order valence-corrected chi connectivity index (χ1v) is 7.52. The molecule has 1 aromatic carbocycles. The van der Waals surface area contributed by atoms with Gasteiger partial charge in [-0.25, -0.2) is 4.79 Å². The maximum atomic E-state index is 11.1. The predicted molar refractivity (Wildman–Crippen MR) is 78.8 cm³/mol. The van der Waals surface area contributed by atoms with Gasteiger partial charge in [-0.3, -0.25) is 0 Å². The molecule has 4 heteroatoms. The smallest absolute Gasteiger partial charge is 0.349 e. The second-order valence-corrected chi connectivity index (χ2v) is 6.36. The van der Waals surface area contributed by atoms with Crippen LogP contribution >= 0.6 is 11.3 Å². The Bertz CT molecular complexity index is 658. The molecule has 1 aliphatic rings. The number of rotatable bonds is 4. The van der Waals surface area contributed by atoms with Crippen molar-refractivity contribution in [1.82, 2.24) is 0 Å². The molecule has 1 heterocycles. The van der Waals surface area contributed by atoms with E-state index in [1.54, 1.807) is 6.07 Å². The van der Waals surface area contributed by atoms with Crippen LogP contribution in [0.4, 0.5) is 0 Å². The molecule has 3 rings (SSSR count). The van der Waals surface area contributed by atoms with Gasteiger partial charge in [0.05, 0.1) is 0 Å². The van der Waals surface area contributed by atoms with Crippen LogP contribution in [0.5, 0.6) is 5.75 Å². The van der Waals surface area contributed by atoms with E-state index in [9.17, 15) is 4.79 Å². The van der Waals surface area contributed by atoms with Crippen LogP contribution in [0.15, 0.2) is 24.3 Å². The molecular weight excluding hydrogens is 272 g/mol. The van der Waals surface area contributed by atoms with Gasteiger partial charge in [0.15, 0.2) is 4.88 Å². The fourth-order valence-electron chi connectivity index (χ4n) is 2.62. The van der Waals surface area contributed by atoms with E-state index in [0.717, 1.165) is 16.9 Å². The summed E-state index contributed by atoms with van der Waals surface area (Å²) in [5.41, 5.74) is 3.95. The first-order valence-electron chi connectivity index (χ1n) is 6.70. The van der Waals surface area contributed by atoms with Crippen molar-refractivity contribution < 1.29 is 14.6 Å². The maximum Gasteiger partial charge on any atom is 0.349 e. The lowest BCUT2D eigenvalue weighted by Gasteiger charge is -2.07. The average molecular weight is 288 g/mol. The molecular formula is C16H16O3S. The third-order valence-corrected chi connectivity index (χ3v) is 4.59. The van der Waals surface area contributed by atoms with E-state index in [2.05, 4.69) is 18.2 Å². The molecule has 3 nitrogen and oxygen atoms in total. The summed E-state index contributed by atoms with van der Waals surface area (Å²) in [5.74, 6) is -0.451. The average Bonchev–Trinajstić information content (AvgIpc) is 3.01. The molecule has 0 saturated carbocycles. The molecule has 0 unspecified atom stereocenters. The minimum absolute atomic E-state index is 0.281. The molecule has 0 amide bonds. The van der Waals surface area contributed by atoms with Gasteiger partial charge in [0.25, 0.3) is 0 Å². The van der Waals surface area contributed by atoms with Crippen molar-refractivity contribution in [3.63, 3.8) is 0 Å². The van der Waals surface area contributed by atoms with Gasteiger partial charge < -0.3 is 9.84 Å². The Morgan fingerprint density at radius 1 is 1.30 bits per heavy atom. The molecule has 0 aliphatic heterocycles. The molecule has 0 bridgehead atoms. The van der Waals surface area contributed by atoms with Gasteiger partial charge in [-0.15, -0.1) is 11.3 Å². The van der Waals surface area contributed by atoms with Crippen molar-refractivity contribution in [1.29, 1.82) is 0 Å². The summed E-state index contributed by atoms with van der Waals surface area (Å²) in [6, 6.07) is 8.21. The predicted octanol–water partition coefficient (Wildman–Crippen LogP) is 3.82. The molecule has 20 heavy (non-hydrogen) atoms. The van der Waals surface area contributed by atoms with Gasteiger partial charge in [-0.1, -0.05) is 18.2 Å². The largest absolute Gasteiger partial charge is 0.487 e. The lowest BCUT2D eigenvalue weighted by molar-refractivity contribution is 0.0697. The van der Waals surface area contributed by atoms with Crippen molar-refractivity contribution in [3.05, 3.63) is 50.7 Å². The number of carboxylic acid groups (broad SMARTS) is 1. The summed E-state index contributed by atoms with van der Waals surface area (Å²) in [7, 11) is 0. The van der Waals surface area contributed by atoms with Gasteiger partial charge in [0, 0.05) is 4.88 Å². The summed E-state index contributed by atoms with van der Waals surface area (Å²) >= 11 is 1.25. The van der Waals surface area contributed by atoms with Crippen molar-refractivity contribution in [2.24, 2.45) is 0 Å². The van der Waals surface area contributed by atoms with Crippen LogP contribution in [0.3, 0.4) is 0 Å². The highest BCUT2D eigenvalue weighted by atomic mass is 32.1. The minimum Gasteiger partial charge on any atom is -0.487 e. The van der Waals surface area contributed by atoms with Gasteiger partial charge in [0.1, 0.15) is 12.4 Å². The van der Waals surface area contributed by atoms with Gasteiger partial charge in [-0.2, -0.15) is 0 Å². The molecule has 1 aromatic heterocycles. The number of carboxylic acids is 1. The third kappa shape index (κ3) is 2.56. The number of hydrogen-bond acceptors (Lipinski definition) is 3. The highest BCUT2D eigenvalue weighted by molar-refractivity contribution is 7.14.